The molecule has 4 heteroatoms. The molecule has 0 saturated carbocycles. The number of ether oxygens (including phenoxy) is 1. The van der Waals surface area contributed by atoms with Gasteiger partial charge in [-0.1, -0.05) is 6.07 Å². The van der Waals surface area contributed by atoms with Gasteiger partial charge in [0, 0.05) is 5.69 Å². The summed E-state index contributed by atoms with van der Waals surface area (Å²) in [7, 11) is 1.35. The molecule has 0 aliphatic carbocycles. The Labute approximate surface area is 87.2 Å². The molecule has 0 bridgehead atoms. The zero-order chi connectivity index (χ0) is 10.8. The van der Waals surface area contributed by atoms with Crippen LogP contribution in [0.4, 0.5) is 10.1 Å². The number of nitrogens with one attached hydrogen (secondary N) is 1. The Morgan fingerprint density at radius 3 is 3.13 bits per heavy atom. The van der Waals surface area contributed by atoms with E-state index in [9.17, 15) is 9.18 Å². The quantitative estimate of drug-likeness (QED) is 0.716. The maximum absolute atomic E-state index is 12.9. The highest BCUT2D eigenvalue weighted by Crippen LogP contribution is 2.25. The maximum atomic E-state index is 12.9. The first-order valence-electron chi connectivity index (χ1n) is 4.83. The smallest absolute Gasteiger partial charge is 0.328 e. The monoisotopic (exact) mass is 209 g/mol. The van der Waals surface area contributed by atoms with E-state index >= 15 is 0 Å². The second-order valence-electron chi connectivity index (χ2n) is 3.56. The Balaban J connectivity index is 2.22. The highest BCUT2D eigenvalue weighted by atomic mass is 19.1. The number of hydrogen-bond acceptors (Lipinski definition) is 3. The standard InChI is InChI=1S/C11H12FNO2/c1-15-11(14)9-5-3-7-2-4-8(12)6-10(7)13-9/h2,4,6,9,13H,3,5H2,1H3. The number of anilines is 1. The van der Waals surface area contributed by atoms with Crippen molar-refractivity contribution in [1.29, 1.82) is 0 Å². The third kappa shape index (κ3) is 1.93. The molecule has 0 amide bonds. The predicted octanol–water partition coefficient (Wildman–Crippen LogP) is 1.73. The SMILES string of the molecule is COC(=O)C1CCc2ccc(F)cc2N1. The number of carbonyl (C=O) groups excluding carboxylic acids is 1. The van der Waals surface area contributed by atoms with Crippen molar-refractivity contribution in [3.63, 3.8) is 0 Å². The molecule has 1 atom stereocenters. The molecule has 15 heavy (non-hydrogen) atoms. The van der Waals surface area contributed by atoms with E-state index in [4.69, 9.17) is 0 Å². The number of rotatable bonds is 1. The van der Waals surface area contributed by atoms with Gasteiger partial charge in [0.15, 0.2) is 0 Å². The van der Waals surface area contributed by atoms with Gasteiger partial charge in [0.25, 0.3) is 0 Å². The van der Waals surface area contributed by atoms with E-state index < -0.39 is 0 Å². The lowest BCUT2D eigenvalue weighted by Gasteiger charge is -2.24. The van der Waals surface area contributed by atoms with E-state index in [1.54, 1.807) is 6.07 Å². The van der Waals surface area contributed by atoms with E-state index in [-0.39, 0.29) is 17.8 Å². The summed E-state index contributed by atoms with van der Waals surface area (Å²) in [5.41, 5.74) is 1.73. The number of hydrogen-bond donors (Lipinski definition) is 1. The average molecular weight is 209 g/mol. The van der Waals surface area contributed by atoms with Gasteiger partial charge < -0.3 is 10.1 Å². The van der Waals surface area contributed by atoms with Gasteiger partial charge in [-0.05, 0) is 30.5 Å². The molecule has 1 unspecified atom stereocenters. The zero-order valence-corrected chi connectivity index (χ0v) is 8.42. The minimum atomic E-state index is -0.357. The van der Waals surface area contributed by atoms with E-state index in [0.29, 0.717) is 12.1 Å². The highest BCUT2D eigenvalue weighted by Gasteiger charge is 2.24. The third-order valence-electron chi connectivity index (χ3n) is 2.59. The summed E-state index contributed by atoms with van der Waals surface area (Å²) in [6, 6.07) is 4.22. The Kier molecular flexibility index (Phi) is 2.58. The summed E-state index contributed by atoms with van der Waals surface area (Å²) in [5, 5.41) is 2.97. The van der Waals surface area contributed by atoms with E-state index in [2.05, 4.69) is 10.1 Å². The Morgan fingerprint density at radius 2 is 2.40 bits per heavy atom. The Morgan fingerprint density at radius 1 is 1.60 bits per heavy atom. The molecule has 3 nitrogen and oxygen atoms in total. The maximum Gasteiger partial charge on any atom is 0.328 e. The average Bonchev–Trinajstić information content (AvgIpc) is 2.27. The summed E-state index contributed by atoms with van der Waals surface area (Å²) < 4.78 is 17.6. The first-order valence-corrected chi connectivity index (χ1v) is 4.83. The van der Waals surface area contributed by atoms with E-state index in [0.717, 1.165) is 12.0 Å². The van der Waals surface area contributed by atoms with E-state index in [1.165, 1.54) is 19.2 Å². The lowest BCUT2D eigenvalue weighted by Crippen LogP contribution is -2.34. The molecule has 0 radical (unpaired) electrons. The van der Waals surface area contributed by atoms with Gasteiger partial charge in [0.05, 0.1) is 7.11 Å². The summed E-state index contributed by atoms with van der Waals surface area (Å²) >= 11 is 0. The van der Waals surface area contributed by atoms with Crippen LogP contribution in [0.25, 0.3) is 0 Å². The van der Waals surface area contributed by atoms with Crippen molar-refractivity contribution < 1.29 is 13.9 Å². The van der Waals surface area contributed by atoms with Crippen LogP contribution in [0.5, 0.6) is 0 Å². The number of esters is 1. The second kappa shape index (κ2) is 3.88. The van der Waals surface area contributed by atoms with Crippen LogP contribution in [-0.4, -0.2) is 19.1 Å². The van der Waals surface area contributed by atoms with E-state index in [1.807, 2.05) is 0 Å². The molecule has 1 aliphatic rings. The van der Waals surface area contributed by atoms with Crippen LogP contribution in [0.15, 0.2) is 18.2 Å². The molecule has 0 aromatic heterocycles. The highest BCUT2D eigenvalue weighted by molar-refractivity contribution is 5.80. The Hall–Kier alpha value is -1.58. The molecule has 1 aliphatic heterocycles. The molecule has 2 rings (SSSR count). The largest absolute Gasteiger partial charge is 0.467 e. The van der Waals surface area contributed by atoms with Gasteiger partial charge in [-0.25, -0.2) is 9.18 Å². The molecule has 1 N–H and O–H groups in total. The molecule has 1 aromatic carbocycles. The molecule has 0 fully saturated rings. The topological polar surface area (TPSA) is 38.3 Å². The van der Waals surface area contributed by atoms with Crippen molar-refractivity contribution in [3.05, 3.63) is 29.6 Å². The lowest BCUT2D eigenvalue weighted by molar-refractivity contribution is -0.141. The predicted molar refractivity (Wildman–Crippen MR) is 54.1 cm³/mol. The van der Waals surface area contributed by atoms with Crippen LogP contribution in [0.1, 0.15) is 12.0 Å². The second-order valence-corrected chi connectivity index (χ2v) is 3.56. The summed E-state index contributed by atoms with van der Waals surface area (Å²) in [6.07, 6.45) is 1.45. The summed E-state index contributed by atoms with van der Waals surface area (Å²) in [4.78, 5) is 11.3. The van der Waals surface area contributed by atoms with Crippen molar-refractivity contribution in [3.8, 4) is 0 Å². The minimum Gasteiger partial charge on any atom is -0.467 e. The first-order chi connectivity index (χ1) is 7.20. The number of halogens is 1. The zero-order valence-electron chi connectivity index (χ0n) is 8.42. The third-order valence-corrected chi connectivity index (χ3v) is 2.59. The first kappa shape index (κ1) is 9.96. The molecule has 0 spiro atoms. The number of fused-ring (bicyclic) bond motifs is 1. The van der Waals surface area contributed by atoms with Gasteiger partial charge in [-0.3, -0.25) is 0 Å². The van der Waals surface area contributed by atoms with Crippen molar-refractivity contribution in [2.24, 2.45) is 0 Å². The fourth-order valence-corrected chi connectivity index (χ4v) is 1.78. The molecule has 1 heterocycles. The molecular weight excluding hydrogens is 197 g/mol. The van der Waals surface area contributed by atoms with Gasteiger partial charge in [-0.15, -0.1) is 0 Å². The fraction of sp³-hybridized carbons (Fsp3) is 0.364. The van der Waals surface area contributed by atoms with Crippen LogP contribution >= 0.6 is 0 Å². The van der Waals surface area contributed by atoms with Crippen molar-refractivity contribution in [2.45, 2.75) is 18.9 Å². The van der Waals surface area contributed by atoms with Gasteiger partial charge >= 0.3 is 5.97 Å². The number of benzene rings is 1. The van der Waals surface area contributed by atoms with Crippen molar-refractivity contribution >= 4 is 11.7 Å². The summed E-state index contributed by atoms with van der Waals surface area (Å²) in [6.45, 7) is 0. The Bertz CT molecular complexity index is 392. The molecule has 0 saturated heterocycles. The van der Waals surface area contributed by atoms with Crippen LogP contribution in [0.2, 0.25) is 0 Å². The van der Waals surface area contributed by atoms with Gasteiger partial charge in [0.1, 0.15) is 11.9 Å². The van der Waals surface area contributed by atoms with Gasteiger partial charge in [-0.2, -0.15) is 0 Å². The van der Waals surface area contributed by atoms with Crippen molar-refractivity contribution in [1.82, 2.24) is 0 Å². The van der Waals surface area contributed by atoms with Crippen molar-refractivity contribution in [2.75, 3.05) is 12.4 Å². The van der Waals surface area contributed by atoms with Crippen LogP contribution < -0.4 is 5.32 Å². The van der Waals surface area contributed by atoms with Crippen LogP contribution in [0.3, 0.4) is 0 Å². The fourth-order valence-electron chi connectivity index (χ4n) is 1.78. The molecule has 80 valence electrons. The normalized spacial score (nSPS) is 18.9. The summed E-state index contributed by atoms with van der Waals surface area (Å²) in [5.74, 6) is -0.600. The number of methoxy groups -OCH3 is 1. The molecule has 1 aromatic rings. The minimum absolute atomic E-state index is 0.299. The lowest BCUT2D eigenvalue weighted by atomic mass is 9.98. The molecular formula is C11H12FNO2. The number of carbonyl (C=O) groups is 1. The van der Waals surface area contributed by atoms with Crippen LogP contribution in [0, 0.1) is 5.82 Å². The van der Waals surface area contributed by atoms with Crippen LogP contribution in [-0.2, 0) is 16.0 Å². The van der Waals surface area contributed by atoms with Gasteiger partial charge in [0.2, 0.25) is 0 Å². The number of aryl methyl sites for hydroxylation is 1.